The summed E-state index contributed by atoms with van der Waals surface area (Å²) in [5.41, 5.74) is 0. The van der Waals surface area contributed by atoms with Gasteiger partial charge in [-0.1, -0.05) is 6.42 Å². The second-order valence-electron chi connectivity index (χ2n) is 4.90. The highest BCUT2D eigenvalue weighted by atomic mass is 16.2. The average Bonchev–Trinajstić information content (AvgIpc) is 2.32. The van der Waals surface area contributed by atoms with Crippen LogP contribution in [0.15, 0.2) is 0 Å². The molecule has 1 N–H and O–H groups in total. The zero-order valence-electron chi connectivity index (χ0n) is 11.7. The molecular weight excluding hydrogens is 230 g/mol. The van der Waals surface area contributed by atoms with Gasteiger partial charge in [0.05, 0.1) is 6.54 Å². The van der Waals surface area contributed by atoms with Gasteiger partial charge in [-0.25, -0.2) is 4.79 Å². The van der Waals surface area contributed by atoms with Crippen LogP contribution in [0.3, 0.4) is 0 Å². The fraction of sp³-hybridized carbons (Fsp3) is 0.846. The maximum Gasteiger partial charge on any atom is 0.317 e. The molecule has 0 saturated heterocycles. The monoisotopic (exact) mass is 255 g/mol. The topological polar surface area (TPSA) is 52.7 Å². The molecule has 0 spiro atoms. The minimum absolute atomic E-state index is 0.0228. The number of likely N-dealkylation sites (N-methyl/N-ethyl adjacent to an activating group) is 1. The van der Waals surface area contributed by atoms with E-state index >= 15 is 0 Å². The van der Waals surface area contributed by atoms with E-state index < -0.39 is 0 Å². The van der Waals surface area contributed by atoms with Crippen LogP contribution >= 0.6 is 0 Å². The van der Waals surface area contributed by atoms with Crippen molar-refractivity contribution in [1.82, 2.24) is 15.1 Å². The molecule has 1 aliphatic carbocycles. The lowest BCUT2D eigenvalue weighted by Crippen LogP contribution is -2.45. The first-order valence-corrected chi connectivity index (χ1v) is 6.85. The first kappa shape index (κ1) is 14.8. The quantitative estimate of drug-likeness (QED) is 0.777. The number of hydrogen-bond donors (Lipinski definition) is 1. The molecule has 5 heteroatoms. The molecule has 1 aliphatic rings. The first-order chi connectivity index (χ1) is 8.58. The Morgan fingerprint density at radius 2 is 1.83 bits per heavy atom. The van der Waals surface area contributed by atoms with Crippen molar-refractivity contribution in [2.24, 2.45) is 5.92 Å². The van der Waals surface area contributed by atoms with E-state index in [1.54, 1.807) is 16.8 Å². The van der Waals surface area contributed by atoms with Crippen LogP contribution in [0.1, 0.15) is 33.1 Å². The van der Waals surface area contributed by atoms with Gasteiger partial charge in [-0.15, -0.1) is 0 Å². The number of carbonyl (C=O) groups excluding carboxylic acids is 2. The molecule has 18 heavy (non-hydrogen) atoms. The molecule has 5 nitrogen and oxygen atoms in total. The smallest absolute Gasteiger partial charge is 0.317 e. The molecule has 1 rings (SSSR count). The number of amides is 3. The number of rotatable bonds is 6. The molecular formula is C13H25N3O2. The third kappa shape index (κ3) is 4.20. The average molecular weight is 255 g/mol. The van der Waals surface area contributed by atoms with Crippen molar-refractivity contribution in [2.45, 2.75) is 33.1 Å². The van der Waals surface area contributed by atoms with Crippen LogP contribution < -0.4 is 5.32 Å². The van der Waals surface area contributed by atoms with E-state index in [-0.39, 0.29) is 18.5 Å². The second-order valence-corrected chi connectivity index (χ2v) is 4.90. The molecule has 0 aliphatic heterocycles. The van der Waals surface area contributed by atoms with Crippen LogP contribution in [0, 0.1) is 5.92 Å². The van der Waals surface area contributed by atoms with Gasteiger partial charge in [0.1, 0.15) is 0 Å². The Balaban J connectivity index is 2.24. The number of carbonyl (C=O) groups is 2. The number of nitrogens with one attached hydrogen (secondary N) is 1. The highest BCUT2D eigenvalue weighted by Gasteiger charge is 2.21. The second kappa shape index (κ2) is 7.24. The molecule has 104 valence electrons. The molecule has 0 unspecified atom stereocenters. The third-order valence-electron chi connectivity index (χ3n) is 3.61. The minimum atomic E-state index is -0.151. The van der Waals surface area contributed by atoms with Crippen molar-refractivity contribution in [3.8, 4) is 0 Å². The molecule has 1 saturated carbocycles. The van der Waals surface area contributed by atoms with E-state index in [9.17, 15) is 9.59 Å². The van der Waals surface area contributed by atoms with Gasteiger partial charge in [0, 0.05) is 26.7 Å². The summed E-state index contributed by atoms with van der Waals surface area (Å²) in [6.45, 7) is 6.13. The van der Waals surface area contributed by atoms with Gasteiger partial charge >= 0.3 is 6.03 Å². The zero-order chi connectivity index (χ0) is 13.5. The van der Waals surface area contributed by atoms with Crippen molar-refractivity contribution in [1.29, 1.82) is 0 Å². The summed E-state index contributed by atoms with van der Waals surface area (Å²) in [7, 11) is 1.79. The van der Waals surface area contributed by atoms with Crippen LogP contribution in [0.25, 0.3) is 0 Å². The van der Waals surface area contributed by atoms with Crippen molar-refractivity contribution >= 4 is 11.9 Å². The summed E-state index contributed by atoms with van der Waals surface area (Å²) in [4.78, 5) is 26.9. The SMILES string of the molecule is CCN(CC)C(=O)CNC(=O)N(C)CC1CCC1. The summed E-state index contributed by atoms with van der Waals surface area (Å²) < 4.78 is 0. The lowest BCUT2D eigenvalue weighted by Gasteiger charge is -2.30. The number of hydrogen-bond acceptors (Lipinski definition) is 2. The predicted molar refractivity (Wildman–Crippen MR) is 71.3 cm³/mol. The molecule has 0 aromatic rings. The van der Waals surface area contributed by atoms with Gasteiger partial charge in [-0.3, -0.25) is 4.79 Å². The maximum atomic E-state index is 11.8. The Labute approximate surface area is 110 Å². The molecule has 0 aromatic carbocycles. The van der Waals surface area contributed by atoms with E-state index in [0.29, 0.717) is 19.0 Å². The van der Waals surface area contributed by atoms with Crippen molar-refractivity contribution < 1.29 is 9.59 Å². The normalized spacial score (nSPS) is 14.8. The lowest BCUT2D eigenvalue weighted by atomic mass is 9.85. The van der Waals surface area contributed by atoms with Crippen LogP contribution in [-0.4, -0.2) is 55.0 Å². The molecule has 3 amide bonds. The summed E-state index contributed by atoms with van der Waals surface area (Å²) in [5.74, 6) is 0.629. The molecule has 0 aromatic heterocycles. The fourth-order valence-corrected chi connectivity index (χ4v) is 2.12. The lowest BCUT2D eigenvalue weighted by molar-refractivity contribution is -0.129. The van der Waals surface area contributed by atoms with Gasteiger partial charge in [0.2, 0.25) is 5.91 Å². The third-order valence-corrected chi connectivity index (χ3v) is 3.61. The van der Waals surface area contributed by atoms with Crippen molar-refractivity contribution in [2.75, 3.05) is 33.2 Å². The summed E-state index contributed by atoms with van der Waals surface area (Å²) >= 11 is 0. The van der Waals surface area contributed by atoms with Gasteiger partial charge in [0.25, 0.3) is 0 Å². The van der Waals surface area contributed by atoms with Crippen molar-refractivity contribution in [3.63, 3.8) is 0 Å². The Hall–Kier alpha value is -1.26. The largest absolute Gasteiger partial charge is 0.342 e. The highest BCUT2D eigenvalue weighted by molar-refractivity contribution is 5.83. The van der Waals surface area contributed by atoms with E-state index in [0.717, 1.165) is 6.54 Å². The van der Waals surface area contributed by atoms with Gasteiger partial charge in [-0.05, 0) is 32.6 Å². The summed E-state index contributed by atoms with van der Waals surface area (Å²) in [5, 5.41) is 2.68. The van der Waals surface area contributed by atoms with Gasteiger partial charge < -0.3 is 15.1 Å². The zero-order valence-corrected chi connectivity index (χ0v) is 11.7. The van der Waals surface area contributed by atoms with E-state index in [4.69, 9.17) is 0 Å². The van der Waals surface area contributed by atoms with Crippen molar-refractivity contribution in [3.05, 3.63) is 0 Å². The first-order valence-electron chi connectivity index (χ1n) is 6.85. The molecule has 0 atom stereocenters. The Bertz CT molecular complexity index is 286. The van der Waals surface area contributed by atoms with Crippen LogP contribution in [0.2, 0.25) is 0 Å². The standard InChI is InChI=1S/C13H25N3O2/c1-4-16(5-2)12(17)9-14-13(18)15(3)10-11-7-6-8-11/h11H,4-10H2,1-3H3,(H,14,18). The van der Waals surface area contributed by atoms with Crippen LogP contribution in [-0.2, 0) is 4.79 Å². The van der Waals surface area contributed by atoms with Crippen LogP contribution in [0.4, 0.5) is 4.79 Å². The molecule has 0 heterocycles. The number of nitrogens with zero attached hydrogens (tertiary/aromatic N) is 2. The fourth-order valence-electron chi connectivity index (χ4n) is 2.12. The van der Waals surface area contributed by atoms with E-state index in [2.05, 4.69) is 5.32 Å². The summed E-state index contributed by atoms with van der Waals surface area (Å²) in [6, 6.07) is -0.151. The Morgan fingerprint density at radius 1 is 1.22 bits per heavy atom. The molecule has 0 bridgehead atoms. The van der Waals surface area contributed by atoms with E-state index in [1.165, 1.54) is 19.3 Å². The molecule has 0 radical (unpaired) electrons. The van der Waals surface area contributed by atoms with E-state index in [1.807, 2.05) is 13.8 Å². The number of urea groups is 1. The van der Waals surface area contributed by atoms with Crippen LogP contribution in [0.5, 0.6) is 0 Å². The minimum Gasteiger partial charge on any atom is -0.342 e. The maximum absolute atomic E-state index is 11.8. The summed E-state index contributed by atoms with van der Waals surface area (Å²) in [6.07, 6.45) is 3.71. The Morgan fingerprint density at radius 3 is 2.28 bits per heavy atom. The predicted octanol–water partition coefficient (Wildman–Crippen LogP) is 1.30. The molecule has 1 fully saturated rings. The van der Waals surface area contributed by atoms with Gasteiger partial charge in [-0.2, -0.15) is 0 Å². The van der Waals surface area contributed by atoms with Gasteiger partial charge in [0.15, 0.2) is 0 Å². The highest BCUT2D eigenvalue weighted by Crippen LogP contribution is 2.26. The Kier molecular flexibility index (Phi) is 5.95.